The highest BCUT2D eigenvalue weighted by Crippen LogP contribution is 2.39. The summed E-state index contributed by atoms with van der Waals surface area (Å²) < 4.78 is 0. The topological polar surface area (TPSA) is 12.0 Å². The van der Waals surface area contributed by atoms with Crippen molar-refractivity contribution in [3.63, 3.8) is 0 Å². The Morgan fingerprint density at radius 1 is 1.20 bits per heavy atom. The van der Waals surface area contributed by atoms with E-state index in [0.717, 1.165) is 18.4 Å². The molecule has 0 spiro atoms. The summed E-state index contributed by atoms with van der Waals surface area (Å²) in [5.41, 5.74) is 1.66. The van der Waals surface area contributed by atoms with Crippen LogP contribution in [0.4, 0.5) is 0 Å². The molecule has 1 aromatic carbocycles. The highest BCUT2D eigenvalue weighted by molar-refractivity contribution is 5.26. The third kappa shape index (κ3) is 3.44. The molecule has 3 atom stereocenters. The molecule has 1 saturated carbocycles. The zero-order valence-corrected chi connectivity index (χ0v) is 13.7. The van der Waals surface area contributed by atoms with Gasteiger partial charge in [0, 0.05) is 11.5 Å². The van der Waals surface area contributed by atoms with Gasteiger partial charge in [-0.25, -0.2) is 0 Å². The molecule has 1 aliphatic rings. The van der Waals surface area contributed by atoms with Gasteiger partial charge in [-0.3, -0.25) is 0 Å². The van der Waals surface area contributed by atoms with E-state index >= 15 is 0 Å². The second-order valence-corrected chi connectivity index (χ2v) is 7.15. The van der Waals surface area contributed by atoms with Crippen molar-refractivity contribution >= 4 is 0 Å². The van der Waals surface area contributed by atoms with Crippen LogP contribution in [0.25, 0.3) is 0 Å². The van der Waals surface area contributed by atoms with Gasteiger partial charge >= 0.3 is 0 Å². The smallest absolute Gasteiger partial charge is 0.0187 e. The van der Waals surface area contributed by atoms with E-state index in [4.69, 9.17) is 0 Å². The first-order valence-electron chi connectivity index (χ1n) is 8.34. The highest BCUT2D eigenvalue weighted by Gasteiger charge is 2.37. The quantitative estimate of drug-likeness (QED) is 0.815. The van der Waals surface area contributed by atoms with Crippen LogP contribution in [0, 0.1) is 11.8 Å². The van der Waals surface area contributed by atoms with E-state index in [1.54, 1.807) is 0 Å². The molecule has 0 heterocycles. The van der Waals surface area contributed by atoms with Crippen LogP contribution in [0.5, 0.6) is 0 Å². The van der Waals surface area contributed by atoms with Crippen LogP contribution in [-0.2, 0) is 5.41 Å². The van der Waals surface area contributed by atoms with Crippen molar-refractivity contribution in [2.75, 3.05) is 6.54 Å². The van der Waals surface area contributed by atoms with Crippen LogP contribution in [0.3, 0.4) is 0 Å². The number of nitrogens with one attached hydrogen (secondary N) is 1. The summed E-state index contributed by atoms with van der Waals surface area (Å²) in [5, 5.41) is 3.81. The van der Waals surface area contributed by atoms with Crippen LogP contribution < -0.4 is 5.32 Å². The molecule has 0 saturated heterocycles. The molecule has 20 heavy (non-hydrogen) atoms. The summed E-state index contributed by atoms with van der Waals surface area (Å²) in [6.07, 6.45) is 5.59. The Balaban J connectivity index is 2.22. The summed E-state index contributed by atoms with van der Waals surface area (Å²) in [5.74, 6) is 1.70. The first-order chi connectivity index (χ1) is 9.55. The maximum absolute atomic E-state index is 3.81. The van der Waals surface area contributed by atoms with Gasteiger partial charge in [0.05, 0.1) is 0 Å². The van der Waals surface area contributed by atoms with Gasteiger partial charge in [0.2, 0.25) is 0 Å². The number of rotatable bonds is 5. The summed E-state index contributed by atoms with van der Waals surface area (Å²) in [4.78, 5) is 0. The van der Waals surface area contributed by atoms with Gasteiger partial charge in [-0.1, -0.05) is 70.9 Å². The van der Waals surface area contributed by atoms with E-state index < -0.39 is 0 Å². The number of hydrogen-bond donors (Lipinski definition) is 1. The van der Waals surface area contributed by atoms with Crippen LogP contribution in [0.2, 0.25) is 0 Å². The molecule has 0 radical (unpaired) electrons. The zero-order valence-electron chi connectivity index (χ0n) is 13.7. The fourth-order valence-corrected chi connectivity index (χ4v) is 4.06. The summed E-state index contributed by atoms with van der Waals surface area (Å²) >= 11 is 0. The van der Waals surface area contributed by atoms with Crippen molar-refractivity contribution in [2.45, 2.75) is 64.8 Å². The Morgan fingerprint density at radius 3 is 2.50 bits per heavy atom. The van der Waals surface area contributed by atoms with Crippen LogP contribution in [0.15, 0.2) is 30.3 Å². The molecule has 112 valence electrons. The highest BCUT2D eigenvalue weighted by atomic mass is 14.9. The van der Waals surface area contributed by atoms with Crippen LogP contribution in [-0.4, -0.2) is 12.6 Å². The Hall–Kier alpha value is -0.820. The minimum absolute atomic E-state index is 0.193. The normalized spacial score (nSPS) is 25.4. The first-order valence-corrected chi connectivity index (χ1v) is 8.34. The predicted octanol–water partition coefficient (Wildman–Crippen LogP) is 4.77. The van der Waals surface area contributed by atoms with Gasteiger partial charge in [-0.05, 0) is 36.8 Å². The fraction of sp³-hybridized carbons (Fsp3) is 0.684. The Bertz CT molecular complexity index is 395. The average Bonchev–Trinajstić information content (AvgIpc) is 2.45. The molecule has 1 fully saturated rings. The minimum Gasteiger partial charge on any atom is -0.313 e. The second kappa shape index (κ2) is 6.76. The van der Waals surface area contributed by atoms with Crippen molar-refractivity contribution in [3.8, 4) is 0 Å². The molecule has 1 aromatic rings. The average molecular weight is 273 g/mol. The summed E-state index contributed by atoms with van der Waals surface area (Å²) in [6.45, 7) is 10.5. The lowest BCUT2D eigenvalue weighted by Gasteiger charge is -2.43. The monoisotopic (exact) mass is 273 g/mol. The molecule has 2 rings (SSSR count). The zero-order chi connectivity index (χ0) is 14.6. The van der Waals surface area contributed by atoms with Crippen LogP contribution in [0.1, 0.15) is 58.9 Å². The molecular weight excluding hydrogens is 242 g/mol. The molecule has 0 amide bonds. The van der Waals surface area contributed by atoms with E-state index in [1.165, 1.54) is 31.2 Å². The van der Waals surface area contributed by atoms with E-state index in [1.807, 2.05) is 0 Å². The van der Waals surface area contributed by atoms with E-state index in [2.05, 4.69) is 63.3 Å². The molecule has 1 aliphatic carbocycles. The van der Waals surface area contributed by atoms with E-state index in [0.29, 0.717) is 6.04 Å². The number of hydrogen-bond acceptors (Lipinski definition) is 1. The van der Waals surface area contributed by atoms with Crippen molar-refractivity contribution < 1.29 is 0 Å². The van der Waals surface area contributed by atoms with Crippen molar-refractivity contribution in [2.24, 2.45) is 11.8 Å². The molecule has 0 aliphatic heterocycles. The third-order valence-corrected chi connectivity index (χ3v) is 5.17. The fourth-order valence-electron chi connectivity index (χ4n) is 4.06. The van der Waals surface area contributed by atoms with Crippen molar-refractivity contribution in [1.29, 1.82) is 0 Å². The van der Waals surface area contributed by atoms with Gasteiger partial charge in [0.25, 0.3) is 0 Å². The van der Waals surface area contributed by atoms with E-state index in [-0.39, 0.29) is 5.41 Å². The largest absolute Gasteiger partial charge is 0.313 e. The molecule has 0 bridgehead atoms. The van der Waals surface area contributed by atoms with Gasteiger partial charge < -0.3 is 5.32 Å². The summed E-state index contributed by atoms with van der Waals surface area (Å²) in [7, 11) is 0. The summed E-state index contributed by atoms with van der Waals surface area (Å²) in [6, 6.07) is 11.6. The number of likely N-dealkylation sites (N-methyl/N-ethyl adjacent to an activating group) is 1. The first kappa shape index (κ1) is 15.6. The lowest BCUT2D eigenvalue weighted by atomic mass is 9.67. The Kier molecular flexibility index (Phi) is 5.26. The Labute approximate surface area is 125 Å². The van der Waals surface area contributed by atoms with Crippen molar-refractivity contribution in [1.82, 2.24) is 5.32 Å². The van der Waals surface area contributed by atoms with Crippen molar-refractivity contribution in [3.05, 3.63) is 35.9 Å². The van der Waals surface area contributed by atoms with Gasteiger partial charge in [-0.2, -0.15) is 0 Å². The lowest BCUT2D eigenvalue weighted by Crippen LogP contribution is -2.50. The second-order valence-electron chi connectivity index (χ2n) is 7.15. The maximum Gasteiger partial charge on any atom is 0.0187 e. The third-order valence-electron chi connectivity index (χ3n) is 5.17. The standard InChI is InChI=1S/C19H31N/c1-5-20-18(16-11-9-10-15(2)14-16)19(3,4)17-12-7-6-8-13-17/h6-8,12-13,15-16,18,20H,5,9-11,14H2,1-4H3. The predicted molar refractivity (Wildman–Crippen MR) is 88.1 cm³/mol. The lowest BCUT2D eigenvalue weighted by molar-refractivity contribution is 0.171. The van der Waals surface area contributed by atoms with Gasteiger partial charge in [0.1, 0.15) is 0 Å². The van der Waals surface area contributed by atoms with E-state index in [9.17, 15) is 0 Å². The minimum atomic E-state index is 0.193. The molecule has 1 heteroatoms. The number of benzene rings is 1. The molecular formula is C19H31N. The molecule has 1 nitrogen and oxygen atoms in total. The van der Waals surface area contributed by atoms with Gasteiger partial charge in [0.15, 0.2) is 0 Å². The molecule has 0 aromatic heterocycles. The molecule has 1 N–H and O–H groups in total. The Morgan fingerprint density at radius 2 is 1.90 bits per heavy atom. The maximum atomic E-state index is 3.81. The van der Waals surface area contributed by atoms with Gasteiger partial charge in [-0.15, -0.1) is 0 Å². The SMILES string of the molecule is CCNC(C1CCCC(C)C1)C(C)(C)c1ccccc1. The van der Waals surface area contributed by atoms with Crippen LogP contribution >= 0.6 is 0 Å². The molecule has 3 unspecified atom stereocenters.